The van der Waals surface area contributed by atoms with Crippen LogP contribution in [0.5, 0.6) is 0 Å². The van der Waals surface area contributed by atoms with Crippen LogP contribution in [0.1, 0.15) is 25.8 Å². The lowest BCUT2D eigenvalue weighted by Crippen LogP contribution is -2.04. The maximum absolute atomic E-state index is 11.6. The van der Waals surface area contributed by atoms with Gasteiger partial charge in [0.25, 0.3) is 0 Å². The predicted octanol–water partition coefficient (Wildman–Crippen LogP) is 2.87. The van der Waals surface area contributed by atoms with E-state index in [0.717, 1.165) is 12.0 Å². The zero-order valence-electron chi connectivity index (χ0n) is 9.19. The number of thioether (sulfide) groups is 1. The van der Waals surface area contributed by atoms with Crippen LogP contribution in [0.25, 0.3) is 0 Å². The maximum Gasteiger partial charge on any atom is 0.193 e. The number of hydrogen-bond donors (Lipinski definition) is 1. The van der Waals surface area contributed by atoms with Gasteiger partial charge in [0.15, 0.2) is 5.12 Å². The average molecular weight is 223 g/mol. The van der Waals surface area contributed by atoms with Crippen molar-refractivity contribution in [3.05, 3.63) is 29.8 Å². The molecule has 15 heavy (non-hydrogen) atoms. The van der Waals surface area contributed by atoms with Gasteiger partial charge in [-0.1, -0.05) is 37.7 Å². The summed E-state index contributed by atoms with van der Waals surface area (Å²) in [5.41, 5.74) is 7.36. The van der Waals surface area contributed by atoms with Gasteiger partial charge in [0.05, 0.1) is 0 Å². The van der Waals surface area contributed by atoms with Gasteiger partial charge in [-0.15, -0.1) is 0 Å². The van der Waals surface area contributed by atoms with Crippen LogP contribution in [0.3, 0.4) is 0 Å². The molecule has 0 heterocycles. The van der Waals surface area contributed by atoms with E-state index in [4.69, 9.17) is 5.73 Å². The predicted molar refractivity (Wildman–Crippen MR) is 66.9 cm³/mol. The van der Waals surface area contributed by atoms with Crippen molar-refractivity contribution in [3.8, 4) is 0 Å². The van der Waals surface area contributed by atoms with Gasteiger partial charge in [-0.05, 0) is 24.1 Å². The lowest BCUT2D eigenvalue weighted by atomic mass is 10.1. The molecule has 1 atom stereocenters. The molecule has 1 unspecified atom stereocenters. The van der Waals surface area contributed by atoms with Crippen molar-refractivity contribution in [3.63, 3.8) is 0 Å². The second kappa shape index (κ2) is 5.81. The molecule has 0 fully saturated rings. The molecule has 0 aromatic heterocycles. The summed E-state index contributed by atoms with van der Waals surface area (Å²) in [6.07, 6.45) is 1.49. The normalized spacial score (nSPS) is 12.4. The van der Waals surface area contributed by atoms with Crippen molar-refractivity contribution in [1.82, 2.24) is 0 Å². The average Bonchev–Trinajstić information content (AvgIpc) is 2.17. The monoisotopic (exact) mass is 223 g/mol. The van der Waals surface area contributed by atoms with Crippen molar-refractivity contribution < 1.29 is 4.79 Å². The molecule has 0 saturated heterocycles. The fourth-order valence-electron chi connectivity index (χ4n) is 1.22. The molecule has 2 N–H and O–H groups in total. The maximum atomic E-state index is 11.6. The summed E-state index contributed by atoms with van der Waals surface area (Å²) in [5, 5.41) is 0.619. The fraction of sp³-hybridized carbons (Fsp3) is 0.417. The quantitative estimate of drug-likeness (QED) is 0.798. The zero-order valence-corrected chi connectivity index (χ0v) is 10.0. The minimum absolute atomic E-state index is 0.218. The SMILES string of the molecule is CCC(C)SC(=O)Cc1cccc(N)c1. The van der Waals surface area contributed by atoms with Gasteiger partial charge in [-0.2, -0.15) is 0 Å². The molecule has 0 saturated carbocycles. The molecule has 2 nitrogen and oxygen atoms in total. The number of anilines is 1. The van der Waals surface area contributed by atoms with Crippen LogP contribution >= 0.6 is 11.8 Å². The summed E-state index contributed by atoms with van der Waals surface area (Å²) in [4.78, 5) is 11.6. The van der Waals surface area contributed by atoms with Gasteiger partial charge >= 0.3 is 0 Å². The van der Waals surface area contributed by atoms with E-state index in [-0.39, 0.29) is 5.12 Å². The third-order valence-electron chi connectivity index (χ3n) is 2.21. The van der Waals surface area contributed by atoms with Crippen LogP contribution in [-0.4, -0.2) is 10.4 Å². The highest BCUT2D eigenvalue weighted by molar-refractivity contribution is 8.14. The third-order valence-corrected chi connectivity index (χ3v) is 3.35. The van der Waals surface area contributed by atoms with Gasteiger partial charge in [-0.25, -0.2) is 0 Å². The molecule has 0 aliphatic carbocycles. The second-order valence-corrected chi connectivity index (χ2v) is 5.13. The zero-order chi connectivity index (χ0) is 11.3. The minimum Gasteiger partial charge on any atom is -0.399 e. The van der Waals surface area contributed by atoms with Gasteiger partial charge < -0.3 is 5.73 Å². The van der Waals surface area contributed by atoms with Crippen LogP contribution in [0.15, 0.2) is 24.3 Å². The molecular formula is C12H17NOS. The Morgan fingerprint density at radius 1 is 1.53 bits per heavy atom. The van der Waals surface area contributed by atoms with Crippen LogP contribution in [-0.2, 0) is 11.2 Å². The van der Waals surface area contributed by atoms with Crippen molar-refractivity contribution in [2.45, 2.75) is 31.9 Å². The van der Waals surface area contributed by atoms with E-state index in [1.165, 1.54) is 11.8 Å². The lowest BCUT2D eigenvalue weighted by molar-refractivity contribution is -0.110. The fourth-order valence-corrected chi connectivity index (χ4v) is 2.08. The molecule has 3 heteroatoms. The molecule has 0 spiro atoms. The molecule has 0 aliphatic rings. The van der Waals surface area contributed by atoms with E-state index < -0.39 is 0 Å². The van der Waals surface area contributed by atoms with Crippen LogP contribution < -0.4 is 5.73 Å². The van der Waals surface area contributed by atoms with Gasteiger partial charge in [0.1, 0.15) is 0 Å². The molecule has 1 aromatic rings. The molecule has 0 aliphatic heterocycles. The van der Waals surface area contributed by atoms with Crippen LogP contribution in [0.2, 0.25) is 0 Å². The molecule has 0 amide bonds. The van der Waals surface area contributed by atoms with Crippen LogP contribution in [0, 0.1) is 0 Å². The lowest BCUT2D eigenvalue weighted by Gasteiger charge is -2.06. The molecule has 1 rings (SSSR count). The Morgan fingerprint density at radius 3 is 2.87 bits per heavy atom. The first-order valence-electron chi connectivity index (χ1n) is 5.15. The summed E-state index contributed by atoms with van der Waals surface area (Å²) in [6.45, 7) is 4.16. The molecule has 0 bridgehead atoms. The summed E-state index contributed by atoms with van der Waals surface area (Å²) in [7, 11) is 0. The first kappa shape index (κ1) is 12.1. The number of nitrogen functional groups attached to an aromatic ring is 1. The van der Waals surface area contributed by atoms with E-state index in [1.54, 1.807) is 0 Å². The summed E-state index contributed by atoms with van der Waals surface area (Å²) < 4.78 is 0. The third kappa shape index (κ3) is 4.38. The highest BCUT2D eigenvalue weighted by Crippen LogP contribution is 2.18. The van der Waals surface area contributed by atoms with Gasteiger partial charge in [0.2, 0.25) is 0 Å². The van der Waals surface area contributed by atoms with E-state index >= 15 is 0 Å². The number of carbonyl (C=O) groups is 1. The summed E-state index contributed by atoms with van der Waals surface area (Å²) >= 11 is 1.42. The molecule has 82 valence electrons. The van der Waals surface area contributed by atoms with E-state index in [1.807, 2.05) is 24.3 Å². The highest BCUT2D eigenvalue weighted by atomic mass is 32.2. The van der Waals surface area contributed by atoms with Crippen molar-refractivity contribution >= 4 is 22.6 Å². The minimum atomic E-state index is 0.218. The Labute approximate surface area is 95.2 Å². The number of rotatable bonds is 4. The Balaban J connectivity index is 2.51. The Hall–Kier alpha value is -0.960. The van der Waals surface area contributed by atoms with E-state index in [0.29, 0.717) is 17.4 Å². The largest absolute Gasteiger partial charge is 0.399 e. The topological polar surface area (TPSA) is 43.1 Å². The smallest absolute Gasteiger partial charge is 0.193 e. The number of benzene rings is 1. The summed E-state index contributed by atoms with van der Waals surface area (Å²) in [6, 6.07) is 7.50. The summed E-state index contributed by atoms with van der Waals surface area (Å²) in [5.74, 6) is 0. The Kier molecular flexibility index (Phi) is 4.69. The number of carbonyl (C=O) groups excluding carboxylic acids is 1. The number of hydrogen-bond acceptors (Lipinski definition) is 3. The van der Waals surface area contributed by atoms with Crippen molar-refractivity contribution in [2.75, 3.05) is 5.73 Å². The van der Waals surface area contributed by atoms with Crippen molar-refractivity contribution in [1.29, 1.82) is 0 Å². The molecular weight excluding hydrogens is 206 g/mol. The van der Waals surface area contributed by atoms with Crippen LogP contribution in [0.4, 0.5) is 5.69 Å². The standard InChI is InChI=1S/C12H17NOS/c1-3-9(2)15-12(14)8-10-5-4-6-11(13)7-10/h4-7,9H,3,8,13H2,1-2H3. The van der Waals surface area contributed by atoms with Crippen molar-refractivity contribution in [2.24, 2.45) is 0 Å². The molecule has 1 aromatic carbocycles. The second-order valence-electron chi connectivity index (χ2n) is 3.63. The first-order chi connectivity index (χ1) is 7.11. The Morgan fingerprint density at radius 2 is 2.27 bits per heavy atom. The van der Waals surface area contributed by atoms with E-state index in [9.17, 15) is 4.79 Å². The van der Waals surface area contributed by atoms with Gasteiger partial charge in [-0.3, -0.25) is 4.79 Å². The first-order valence-corrected chi connectivity index (χ1v) is 6.03. The van der Waals surface area contributed by atoms with E-state index in [2.05, 4.69) is 13.8 Å². The highest BCUT2D eigenvalue weighted by Gasteiger charge is 2.08. The number of nitrogens with two attached hydrogens (primary N) is 1. The molecule has 0 radical (unpaired) electrons. The van der Waals surface area contributed by atoms with Gasteiger partial charge in [0, 0.05) is 17.4 Å². The Bertz CT molecular complexity index is 338.